The van der Waals surface area contributed by atoms with Gasteiger partial charge in [0.05, 0.1) is 12.2 Å². The van der Waals surface area contributed by atoms with E-state index in [0.717, 1.165) is 42.2 Å². The van der Waals surface area contributed by atoms with Crippen molar-refractivity contribution in [3.8, 4) is 0 Å². The molecule has 2 unspecified atom stereocenters. The van der Waals surface area contributed by atoms with Crippen LogP contribution in [-0.2, 0) is 11.3 Å². The Bertz CT molecular complexity index is 1120. The monoisotopic (exact) mass is 479 g/mol. The second kappa shape index (κ2) is 9.76. The third kappa shape index (κ3) is 5.36. The molecule has 8 heteroatoms. The van der Waals surface area contributed by atoms with E-state index in [4.69, 9.17) is 9.72 Å². The highest BCUT2D eigenvalue weighted by Gasteiger charge is 2.37. The quantitative estimate of drug-likeness (QED) is 0.630. The summed E-state index contributed by atoms with van der Waals surface area (Å²) in [6, 6.07) is 8.05. The summed E-state index contributed by atoms with van der Waals surface area (Å²) < 4.78 is 7.50. The van der Waals surface area contributed by atoms with Crippen molar-refractivity contribution in [1.29, 1.82) is 0 Å². The number of alkyl carbamates (subject to hydrolysis) is 1. The highest BCUT2D eigenvalue weighted by atomic mass is 16.6. The molecule has 2 aromatic rings. The fourth-order valence-corrected chi connectivity index (χ4v) is 4.95. The third-order valence-corrected chi connectivity index (χ3v) is 6.67. The molecule has 0 saturated carbocycles. The number of aryl methyl sites for hydroxylation is 1. The highest BCUT2D eigenvalue weighted by molar-refractivity contribution is 5.96. The number of nitrogens with zero attached hydrogens (tertiary/aromatic N) is 3. The molecule has 1 saturated heterocycles. The SMILES string of the molecule is C=CC1c2nc(N3CCC[C@@H](NC(=O)OC(C)(C)C)C3)n(Cc3ccccc3C)c2C(=O)NC1C. The van der Waals surface area contributed by atoms with Gasteiger partial charge in [-0.1, -0.05) is 30.3 Å². The van der Waals surface area contributed by atoms with Gasteiger partial charge < -0.3 is 24.8 Å². The minimum atomic E-state index is -0.551. The van der Waals surface area contributed by atoms with Crippen LogP contribution in [0, 0.1) is 6.92 Å². The van der Waals surface area contributed by atoms with Crippen LogP contribution in [0.25, 0.3) is 0 Å². The number of hydrogen-bond donors (Lipinski definition) is 2. The van der Waals surface area contributed by atoms with E-state index in [-0.39, 0.29) is 23.9 Å². The summed E-state index contributed by atoms with van der Waals surface area (Å²) in [6.07, 6.45) is 3.21. The lowest BCUT2D eigenvalue weighted by atomic mass is 9.92. The molecule has 4 rings (SSSR count). The number of rotatable bonds is 5. The largest absolute Gasteiger partial charge is 0.444 e. The molecular formula is C27H37N5O3. The van der Waals surface area contributed by atoms with Gasteiger partial charge in [-0.2, -0.15) is 0 Å². The van der Waals surface area contributed by atoms with Gasteiger partial charge in [0.2, 0.25) is 5.95 Å². The van der Waals surface area contributed by atoms with Gasteiger partial charge in [-0.25, -0.2) is 9.78 Å². The molecule has 2 N–H and O–H groups in total. The Morgan fingerprint density at radius 1 is 1.34 bits per heavy atom. The van der Waals surface area contributed by atoms with Crippen molar-refractivity contribution in [1.82, 2.24) is 20.2 Å². The normalized spacial score (nSPS) is 22.3. The molecule has 2 aliphatic rings. The molecule has 3 atom stereocenters. The molecule has 2 amide bonds. The summed E-state index contributed by atoms with van der Waals surface area (Å²) in [5, 5.41) is 6.10. The van der Waals surface area contributed by atoms with Crippen molar-refractivity contribution in [2.24, 2.45) is 0 Å². The Morgan fingerprint density at radius 2 is 2.09 bits per heavy atom. The molecule has 1 fully saturated rings. The number of anilines is 1. The van der Waals surface area contributed by atoms with Gasteiger partial charge >= 0.3 is 6.09 Å². The van der Waals surface area contributed by atoms with Gasteiger partial charge in [0.1, 0.15) is 11.3 Å². The smallest absolute Gasteiger partial charge is 0.407 e. The zero-order valence-electron chi connectivity index (χ0n) is 21.4. The Labute approximate surface area is 207 Å². The summed E-state index contributed by atoms with van der Waals surface area (Å²) >= 11 is 0. The molecule has 1 aromatic heterocycles. The number of carbonyl (C=O) groups excluding carboxylic acids is 2. The zero-order chi connectivity index (χ0) is 25.3. The van der Waals surface area contributed by atoms with Gasteiger partial charge in [0.25, 0.3) is 5.91 Å². The number of fused-ring (bicyclic) bond motifs is 1. The van der Waals surface area contributed by atoms with E-state index in [1.165, 1.54) is 0 Å². The van der Waals surface area contributed by atoms with Crippen molar-refractivity contribution in [3.63, 3.8) is 0 Å². The third-order valence-electron chi connectivity index (χ3n) is 6.67. The average molecular weight is 480 g/mol. The number of nitrogens with one attached hydrogen (secondary N) is 2. The van der Waals surface area contributed by atoms with E-state index in [1.54, 1.807) is 0 Å². The first-order valence-electron chi connectivity index (χ1n) is 12.4. The number of amides is 2. The lowest BCUT2D eigenvalue weighted by Crippen LogP contribution is -2.49. The molecule has 35 heavy (non-hydrogen) atoms. The van der Waals surface area contributed by atoms with Crippen molar-refractivity contribution in [2.75, 3.05) is 18.0 Å². The van der Waals surface area contributed by atoms with Gasteiger partial charge in [-0.3, -0.25) is 4.79 Å². The summed E-state index contributed by atoms with van der Waals surface area (Å²) in [5.74, 6) is 0.573. The highest BCUT2D eigenvalue weighted by Crippen LogP contribution is 2.34. The second-order valence-corrected chi connectivity index (χ2v) is 10.6. The Kier molecular flexibility index (Phi) is 6.92. The molecule has 0 spiro atoms. The number of aromatic nitrogens is 2. The summed E-state index contributed by atoms with van der Waals surface area (Å²) in [7, 11) is 0. The number of imidazole rings is 1. The lowest BCUT2D eigenvalue weighted by molar-refractivity contribution is 0.0499. The molecule has 8 nitrogen and oxygen atoms in total. The number of carbonyl (C=O) groups is 2. The lowest BCUT2D eigenvalue weighted by Gasteiger charge is -2.34. The van der Waals surface area contributed by atoms with Crippen LogP contribution >= 0.6 is 0 Å². The molecule has 3 heterocycles. The fourth-order valence-electron chi connectivity index (χ4n) is 4.95. The molecule has 0 bridgehead atoms. The maximum absolute atomic E-state index is 13.2. The Hall–Kier alpha value is -3.29. The van der Waals surface area contributed by atoms with Gasteiger partial charge in [0.15, 0.2) is 0 Å². The number of hydrogen-bond acceptors (Lipinski definition) is 5. The van der Waals surface area contributed by atoms with Crippen molar-refractivity contribution in [3.05, 3.63) is 59.4 Å². The standard InChI is InChI=1S/C27H37N5O3/c1-7-21-18(3)28-24(33)23-22(21)30-25(32(23)15-19-12-9-8-11-17(19)2)31-14-10-13-20(16-31)29-26(34)35-27(4,5)6/h7-9,11-12,18,20-21H,1,10,13-16H2,2-6H3,(H,28,33)(H,29,34)/t18?,20-,21?/m1/s1. The molecule has 2 aliphatic heterocycles. The van der Waals surface area contributed by atoms with Gasteiger partial charge in [0, 0.05) is 31.1 Å². The predicted octanol–water partition coefficient (Wildman–Crippen LogP) is 4.13. The summed E-state index contributed by atoms with van der Waals surface area (Å²) in [5.41, 5.74) is 3.10. The maximum Gasteiger partial charge on any atom is 0.407 e. The van der Waals surface area contributed by atoms with E-state index in [9.17, 15) is 9.59 Å². The minimum absolute atomic E-state index is 0.0674. The zero-order valence-corrected chi connectivity index (χ0v) is 21.4. The van der Waals surface area contributed by atoms with E-state index < -0.39 is 11.7 Å². The number of benzene rings is 1. The first-order chi connectivity index (χ1) is 16.6. The van der Waals surface area contributed by atoms with Crippen LogP contribution in [0.5, 0.6) is 0 Å². The Morgan fingerprint density at radius 3 is 2.77 bits per heavy atom. The minimum Gasteiger partial charge on any atom is -0.444 e. The maximum atomic E-state index is 13.2. The van der Waals surface area contributed by atoms with E-state index in [2.05, 4.69) is 41.2 Å². The van der Waals surface area contributed by atoms with E-state index in [0.29, 0.717) is 18.8 Å². The fraction of sp³-hybridized carbons (Fsp3) is 0.519. The van der Waals surface area contributed by atoms with Crippen molar-refractivity contribution >= 4 is 17.9 Å². The molecule has 1 aromatic carbocycles. The van der Waals surface area contributed by atoms with Crippen LogP contribution in [0.15, 0.2) is 36.9 Å². The molecule has 188 valence electrons. The first kappa shape index (κ1) is 24.8. The van der Waals surface area contributed by atoms with Gasteiger partial charge in [-0.15, -0.1) is 6.58 Å². The van der Waals surface area contributed by atoms with Crippen LogP contribution in [0.4, 0.5) is 10.7 Å². The van der Waals surface area contributed by atoms with Gasteiger partial charge in [-0.05, 0) is 58.6 Å². The Balaban J connectivity index is 1.69. The topological polar surface area (TPSA) is 88.5 Å². The van der Waals surface area contributed by atoms with Crippen molar-refractivity contribution < 1.29 is 14.3 Å². The van der Waals surface area contributed by atoms with E-state index in [1.807, 2.05) is 50.5 Å². The van der Waals surface area contributed by atoms with Crippen LogP contribution in [0.3, 0.4) is 0 Å². The van der Waals surface area contributed by atoms with E-state index >= 15 is 0 Å². The van der Waals surface area contributed by atoms with Crippen molar-refractivity contribution in [2.45, 2.75) is 77.6 Å². The van der Waals surface area contributed by atoms with Crippen LogP contribution in [-0.4, -0.2) is 52.3 Å². The number of piperidine rings is 1. The van der Waals surface area contributed by atoms with Crippen LogP contribution in [0.2, 0.25) is 0 Å². The number of ether oxygens (including phenoxy) is 1. The van der Waals surface area contributed by atoms with Crippen LogP contribution in [0.1, 0.15) is 73.8 Å². The first-order valence-corrected chi connectivity index (χ1v) is 12.4. The summed E-state index contributed by atoms with van der Waals surface area (Å²) in [6.45, 7) is 15.6. The molecule has 0 aliphatic carbocycles. The van der Waals surface area contributed by atoms with Crippen LogP contribution < -0.4 is 15.5 Å². The molecular weight excluding hydrogens is 442 g/mol. The summed E-state index contributed by atoms with van der Waals surface area (Å²) in [4.78, 5) is 32.8. The predicted molar refractivity (Wildman–Crippen MR) is 137 cm³/mol. The average Bonchev–Trinajstić information content (AvgIpc) is 3.14. The molecule has 0 radical (unpaired) electrons. The second-order valence-electron chi connectivity index (χ2n) is 10.6.